The fourth-order valence-corrected chi connectivity index (χ4v) is 3.70. The standard InChI is InChI=1S/C23H19BrO2/c1-15-11-22(26-14-16-5-3-2-4-6-16)21(24)13-20(15)23(25)19-10-8-17-7-9-18(17)12-19/h2-6,8,10-13H,7,9,14H2,1H3. The molecule has 1 aliphatic rings. The molecule has 0 bridgehead atoms. The summed E-state index contributed by atoms with van der Waals surface area (Å²) in [5.74, 6) is 0.813. The van der Waals surface area contributed by atoms with Gasteiger partial charge in [0, 0.05) is 11.1 Å². The number of halogens is 1. The van der Waals surface area contributed by atoms with E-state index >= 15 is 0 Å². The first kappa shape index (κ1) is 17.0. The third-order valence-corrected chi connectivity index (χ3v) is 5.51. The van der Waals surface area contributed by atoms with Crippen LogP contribution in [0.25, 0.3) is 0 Å². The van der Waals surface area contributed by atoms with Crippen LogP contribution in [0.3, 0.4) is 0 Å². The van der Waals surface area contributed by atoms with E-state index < -0.39 is 0 Å². The molecule has 0 amide bonds. The second kappa shape index (κ2) is 7.08. The van der Waals surface area contributed by atoms with Gasteiger partial charge in [-0.3, -0.25) is 4.79 Å². The van der Waals surface area contributed by atoms with Crippen LogP contribution in [0.4, 0.5) is 0 Å². The highest BCUT2D eigenvalue weighted by molar-refractivity contribution is 9.10. The lowest BCUT2D eigenvalue weighted by Crippen LogP contribution is -2.11. The molecule has 4 rings (SSSR count). The molecule has 0 atom stereocenters. The van der Waals surface area contributed by atoms with Crippen molar-refractivity contribution in [2.24, 2.45) is 0 Å². The van der Waals surface area contributed by atoms with Crippen LogP contribution in [0.1, 0.15) is 38.2 Å². The number of hydrogen-bond acceptors (Lipinski definition) is 2. The highest BCUT2D eigenvalue weighted by atomic mass is 79.9. The van der Waals surface area contributed by atoms with Gasteiger partial charge in [0.1, 0.15) is 12.4 Å². The Morgan fingerprint density at radius 3 is 2.46 bits per heavy atom. The molecule has 26 heavy (non-hydrogen) atoms. The molecular formula is C23H19BrO2. The maximum atomic E-state index is 12.9. The smallest absolute Gasteiger partial charge is 0.193 e. The molecule has 0 spiro atoms. The zero-order chi connectivity index (χ0) is 18.1. The first-order chi connectivity index (χ1) is 12.6. The van der Waals surface area contributed by atoms with Crippen molar-refractivity contribution < 1.29 is 9.53 Å². The molecule has 3 heteroatoms. The molecule has 0 saturated heterocycles. The fraction of sp³-hybridized carbons (Fsp3) is 0.174. The van der Waals surface area contributed by atoms with Crippen molar-refractivity contribution in [1.82, 2.24) is 0 Å². The van der Waals surface area contributed by atoms with Gasteiger partial charge in [-0.15, -0.1) is 0 Å². The summed E-state index contributed by atoms with van der Waals surface area (Å²) in [6.45, 7) is 2.45. The number of rotatable bonds is 5. The number of hydrogen-bond donors (Lipinski definition) is 0. The Labute approximate surface area is 162 Å². The third-order valence-electron chi connectivity index (χ3n) is 4.89. The molecule has 0 fully saturated rings. The number of carbonyl (C=O) groups is 1. The number of benzene rings is 3. The molecule has 0 N–H and O–H groups in total. The molecule has 0 unspecified atom stereocenters. The van der Waals surface area contributed by atoms with Gasteiger partial charge >= 0.3 is 0 Å². The maximum absolute atomic E-state index is 12.9. The molecular weight excluding hydrogens is 388 g/mol. The minimum absolute atomic E-state index is 0.0625. The number of aryl methyl sites for hydroxylation is 3. The second-order valence-electron chi connectivity index (χ2n) is 6.68. The van der Waals surface area contributed by atoms with Crippen molar-refractivity contribution >= 4 is 21.7 Å². The first-order valence-corrected chi connectivity index (χ1v) is 9.54. The highest BCUT2D eigenvalue weighted by Gasteiger charge is 2.19. The molecule has 3 aromatic carbocycles. The SMILES string of the molecule is Cc1cc(OCc2ccccc2)c(Br)cc1C(=O)c1ccc2c(c1)CC2. The molecule has 0 aromatic heterocycles. The summed E-state index contributed by atoms with van der Waals surface area (Å²) in [5.41, 5.74) is 6.17. The van der Waals surface area contributed by atoms with Crippen LogP contribution in [0.15, 0.2) is 65.1 Å². The lowest BCUT2D eigenvalue weighted by atomic mass is 9.85. The Hall–Kier alpha value is -2.39. The van der Waals surface area contributed by atoms with Crippen molar-refractivity contribution in [1.29, 1.82) is 0 Å². The Morgan fingerprint density at radius 2 is 1.77 bits per heavy atom. The minimum Gasteiger partial charge on any atom is -0.488 e. The molecule has 1 aliphatic carbocycles. The van der Waals surface area contributed by atoms with Gasteiger partial charge in [0.25, 0.3) is 0 Å². The quantitative estimate of drug-likeness (QED) is 0.510. The van der Waals surface area contributed by atoms with E-state index in [4.69, 9.17) is 4.74 Å². The summed E-state index contributed by atoms with van der Waals surface area (Å²) in [6, 6.07) is 19.9. The molecule has 0 saturated carbocycles. The van der Waals surface area contributed by atoms with Crippen molar-refractivity contribution in [3.8, 4) is 5.75 Å². The number of carbonyl (C=O) groups excluding carboxylic acids is 1. The third kappa shape index (κ3) is 3.32. The van der Waals surface area contributed by atoms with Crippen molar-refractivity contribution in [2.45, 2.75) is 26.4 Å². The Kier molecular flexibility index (Phi) is 4.64. The van der Waals surface area contributed by atoms with E-state index in [1.54, 1.807) is 0 Å². The van der Waals surface area contributed by atoms with E-state index in [1.165, 1.54) is 11.1 Å². The van der Waals surface area contributed by atoms with Gasteiger partial charge in [0.15, 0.2) is 5.78 Å². The number of ketones is 1. The lowest BCUT2D eigenvalue weighted by Gasteiger charge is -2.19. The second-order valence-corrected chi connectivity index (χ2v) is 7.54. The van der Waals surface area contributed by atoms with Crippen LogP contribution in [-0.2, 0) is 19.4 Å². The zero-order valence-electron chi connectivity index (χ0n) is 14.6. The monoisotopic (exact) mass is 406 g/mol. The first-order valence-electron chi connectivity index (χ1n) is 8.75. The van der Waals surface area contributed by atoms with E-state index in [0.29, 0.717) is 12.2 Å². The summed E-state index contributed by atoms with van der Waals surface area (Å²) < 4.78 is 6.73. The summed E-state index contributed by atoms with van der Waals surface area (Å²) in [7, 11) is 0. The molecule has 0 aliphatic heterocycles. The summed E-state index contributed by atoms with van der Waals surface area (Å²) >= 11 is 3.56. The van der Waals surface area contributed by atoms with Gasteiger partial charge in [-0.1, -0.05) is 42.5 Å². The topological polar surface area (TPSA) is 26.3 Å². The molecule has 130 valence electrons. The predicted molar refractivity (Wildman–Crippen MR) is 107 cm³/mol. The van der Waals surface area contributed by atoms with Gasteiger partial charge in [-0.25, -0.2) is 0 Å². The summed E-state index contributed by atoms with van der Waals surface area (Å²) in [5, 5.41) is 0. The molecule has 2 nitrogen and oxygen atoms in total. The zero-order valence-corrected chi connectivity index (χ0v) is 16.2. The average Bonchev–Trinajstić information content (AvgIpc) is 2.63. The maximum Gasteiger partial charge on any atom is 0.193 e. The Morgan fingerprint density at radius 1 is 1.00 bits per heavy atom. The summed E-state index contributed by atoms with van der Waals surface area (Å²) in [6.07, 6.45) is 2.20. The van der Waals surface area contributed by atoms with Crippen molar-refractivity contribution in [3.05, 3.63) is 98.5 Å². The van der Waals surface area contributed by atoms with E-state index in [-0.39, 0.29) is 5.78 Å². The molecule has 0 heterocycles. The number of fused-ring (bicyclic) bond motifs is 1. The van der Waals surface area contributed by atoms with E-state index in [2.05, 4.69) is 22.0 Å². The fourth-order valence-electron chi connectivity index (χ4n) is 3.24. The molecule has 3 aromatic rings. The van der Waals surface area contributed by atoms with E-state index in [0.717, 1.165) is 39.8 Å². The van der Waals surface area contributed by atoms with Gasteiger partial charge in [0.05, 0.1) is 4.47 Å². The normalized spacial score (nSPS) is 12.2. The van der Waals surface area contributed by atoms with Crippen LogP contribution >= 0.6 is 15.9 Å². The van der Waals surface area contributed by atoms with Crippen LogP contribution in [-0.4, -0.2) is 5.78 Å². The van der Waals surface area contributed by atoms with Crippen LogP contribution in [0.2, 0.25) is 0 Å². The minimum atomic E-state index is 0.0625. The largest absolute Gasteiger partial charge is 0.488 e. The van der Waals surface area contributed by atoms with Gasteiger partial charge in [-0.05, 0) is 76.1 Å². The Bertz CT molecular complexity index is 977. The lowest BCUT2D eigenvalue weighted by molar-refractivity contribution is 0.103. The summed E-state index contributed by atoms with van der Waals surface area (Å²) in [4.78, 5) is 12.9. The van der Waals surface area contributed by atoms with Gasteiger partial charge in [0.2, 0.25) is 0 Å². The predicted octanol–water partition coefficient (Wildman–Crippen LogP) is 5.67. The van der Waals surface area contributed by atoms with E-state index in [9.17, 15) is 4.79 Å². The van der Waals surface area contributed by atoms with Crippen LogP contribution in [0, 0.1) is 6.92 Å². The number of ether oxygens (including phenoxy) is 1. The van der Waals surface area contributed by atoms with E-state index in [1.807, 2.05) is 61.5 Å². The average molecular weight is 407 g/mol. The van der Waals surface area contributed by atoms with Crippen LogP contribution < -0.4 is 4.74 Å². The Balaban J connectivity index is 1.56. The van der Waals surface area contributed by atoms with Gasteiger partial charge in [-0.2, -0.15) is 0 Å². The van der Waals surface area contributed by atoms with Crippen molar-refractivity contribution in [2.75, 3.05) is 0 Å². The van der Waals surface area contributed by atoms with Crippen molar-refractivity contribution in [3.63, 3.8) is 0 Å². The van der Waals surface area contributed by atoms with Crippen LogP contribution in [0.5, 0.6) is 5.75 Å². The molecule has 0 radical (unpaired) electrons. The highest BCUT2D eigenvalue weighted by Crippen LogP contribution is 2.31. The van der Waals surface area contributed by atoms with Gasteiger partial charge < -0.3 is 4.74 Å².